The number of thiophene rings is 1. The fourth-order valence-corrected chi connectivity index (χ4v) is 3.23. The highest BCUT2D eigenvalue weighted by Gasteiger charge is 2.42. The average Bonchev–Trinajstić information content (AvgIpc) is 3.04. The van der Waals surface area contributed by atoms with Crippen LogP contribution in [0.3, 0.4) is 0 Å². The Kier molecular flexibility index (Phi) is 2.88. The summed E-state index contributed by atoms with van der Waals surface area (Å²) in [4.78, 5) is 11.9. The zero-order valence-electron chi connectivity index (χ0n) is 10.8. The number of nitrogens with two attached hydrogens (primary N) is 1. The van der Waals surface area contributed by atoms with E-state index in [-0.39, 0.29) is 17.5 Å². The first-order chi connectivity index (χ1) is 10.0. The molecule has 0 amide bonds. The summed E-state index contributed by atoms with van der Waals surface area (Å²) in [6.45, 7) is 1.75. The summed E-state index contributed by atoms with van der Waals surface area (Å²) >= 11 is 1.19. The molecule has 0 fully saturated rings. The lowest BCUT2D eigenvalue weighted by Gasteiger charge is -2.20. The monoisotopic (exact) mass is 303 g/mol. The van der Waals surface area contributed by atoms with Crippen LogP contribution in [0.4, 0.5) is 0 Å². The van der Waals surface area contributed by atoms with Crippen LogP contribution < -0.4 is 10.5 Å². The number of nitrogens with one attached hydrogen (secondary N) is 1. The Bertz CT molecular complexity index is 813. The van der Waals surface area contributed by atoms with E-state index in [9.17, 15) is 10.1 Å². The van der Waals surface area contributed by atoms with Crippen molar-refractivity contribution in [2.45, 2.75) is 12.8 Å². The van der Waals surface area contributed by atoms with E-state index < -0.39 is 10.8 Å². The minimum Gasteiger partial charge on any atom is -0.415 e. The van der Waals surface area contributed by atoms with E-state index in [4.69, 9.17) is 15.7 Å². The predicted octanol–water partition coefficient (Wildman–Crippen LogP) is 1.58. The van der Waals surface area contributed by atoms with Gasteiger partial charge in [-0.15, -0.1) is 16.4 Å². The lowest BCUT2D eigenvalue weighted by molar-refractivity contribution is -0.432. The van der Waals surface area contributed by atoms with Crippen LogP contribution in [0.15, 0.2) is 23.7 Å². The second-order valence-electron chi connectivity index (χ2n) is 4.42. The average molecular weight is 303 g/mol. The molecule has 1 atom stereocenters. The maximum atomic E-state index is 11.4. The highest BCUT2D eigenvalue weighted by Crippen LogP contribution is 2.44. The standard InChI is InChI=1S/C12H9N5O3S/c1-5-8-9(7-3-2-6(4-13)21-7)10(17(18)19)11(14)20-12(8)16-15-5/h2-3,9H,14H2,1H3,(H,15,16). The van der Waals surface area contributed by atoms with Gasteiger partial charge in [0.05, 0.1) is 10.5 Å². The van der Waals surface area contributed by atoms with E-state index in [0.717, 1.165) is 0 Å². The number of aryl methyl sites for hydroxylation is 1. The third-order valence-electron chi connectivity index (χ3n) is 3.20. The highest BCUT2D eigenvalue weighted by atomic mass is 32.1. The topological polar surface area (TPSA) is 131 Å². The van der Waals surface area contributed by atoms with Crippen LogP contribution in [0, 0.1) is 28.4 Å². The van der Waals surface area contributed by atoms with Crippen LogP contribution in [0.25, 0.3) is 0 Å². The molecule has 1 aliphatic heterocycles. The number of nitriles is 1. The normalized spacial score (nSPS) is 17.0. The third kappa shape index (κ3) is 1.93. The summed E-state index contributed by atoms with van der Waals surface area (Å²) in [5.41, 5.74) is 6.67. The summed E-state index contributed by atoms with van der Waals surface area (Å²) in [7, 11) is 0. The molecule has 0 bridgehead atoms. The molecule has 8 nitrogen and oxygen atoms in total. The molecule has 9 heteroatoms. The Hall–Kier alpha value is -2.86. The number of allylic oxidation sites excluding steroid dienone is 1. The highest BCUT2D eigenvalue weighted by molar-refractivity contribution is 7.12. The molecule has 1 aliphatic rings. The van der Waals surface area contributed by atoms with Crippen molar-refractivity contribution in [1.82, 2.24) is 10.2 Å². The Balaban J connectivity index is 2.24. The van der Waals surface area contributed by atoms with Gasteiger partial charge in [0.15, 0.2) is 0 Å². The van der Waals surface area contributed by atoms with Crippen molar-refractivity contribution in [2.75, 3.05) is 0 Å². The summed E-state index contributed by atoms with van der Waals surface area (Å²) in [5.74, 6) is -0.752. The van der Waals surface area contributed by atoms with Gasteiger partial charge in [-0.25, -0.2) is 0 Å². The van der Waals surface area contributed by atoms with Crippen molar-refractivity contribution in [3.63, 3.8) is 0 Å². The Labute approximate surface area is 122 Å². The summed E-state index contributed by atoms with van der Waals surface area (Å²) < 4.78 is 5.22. The number of aromatic amines is 1. The summed E-state index contributed by atoms with van der Waals surface area (Å²) in [6.07, 6.45) is 0. The number of H-pyrrole nitrogens is 1. The third-order valence-corrected chi connectivity index (χ3v) is 4.25. The summed E-state index contributed by atoms with van der Waals surface area (Å²) in [5, 5.41) is 27.0. The number of hydrogen-bond acceptors (Lipinski definition) is 7. The van der Waals surface area contributed by atoms with Gasteiger partial charge in [0.25, 0.3) is 5.88 Å². The number of ether oxygens (including phenoxy) is 1. The van der Waals surface area contributed by atoms with Gasteiger partial charge >= 0.3 is 5.70 Å². The van der Waals surface area contributed by atoms with Gasteiger partial charge in [-0.1, -0.05) is 0 Å². The van der Waals surface area contributed by atoms with Crippen LogP contribution in [-0.4, -0.2) is 15.1 Å². The molecule has 0 saturated carbocycles. The Morgan fingerprint density at radius 2 is 2.38 bits per heavy atom. The largest absolute Gasteiger partial charge is 0.415 e. The van der Waals surface area contributed by atoms with Gasteiger partial charge in [0.1, 0.15) is 16.9 Å². The van der Waals surface area contributed by atoms with E-state index in [1.54, 1.807) is 19.1 Å². The quantitative estimate of drug-likeness (QED) is 0.639. The number of nitrogens with zero attached hydrogens (tertiary/aromatic N) is 3. The maximum absolute atomic E-state index is 11.4. The first kappa shape index (κ1) is 13.1. The number of hydrogen-bond donors (Lipinski definition) is 2. The van der Waals surface area contributed by atoms with Gasteiger partial charge < -0.3 is 10.5 Å². The molecule has 1 unspecified atom stereocenters. The summed E-state index contributed by atoms with van der Waals surface area (Å²) in [6, 6.07) is 5.33. The molecule has 0 saturated heterocycles. The van der Waals surface area contributed by atoms with E-state index in [1.165, 1.54) is 11.3 Å². The van der Waals surface area contributed by atoms with Crippen LogP contribution in [0.5, 0.6) is 5.88 Å². The number of rotatable bonds is 2. The zero-order valence-corrected chi connectivity index (χ0v) is 11.6. The Morgan fingerprint density at radius 1 is 1.62 bits per heavy atom. The maximum Gasteiger partial charge on any atom is 0.318 e. The smallest absolute Gasteiger partial charge is 0.318 e. The van der Waals surface area contributed by atoms with E-state index in [0.29, 0.717) is 21.0 Å². The van der Waals surface area contributed by atoms with E-state index in [2.05, 4.69) is 10.2 Å². The van der Waals surface area contributed by atoms with Crippen LogP contribution in [0.1, 0.15) is 26.9 Å². The molecular formula is C12H9N5O3S. The molecule has 0 radical (unpaired) electrons. The molecule has 2 aromatic heterocycles. The molecule has 3 N–H and O–H groups in total. The SMILES string of the molecule is Cc1[nH]nc2c1C(c1ccc(C#N)s1)C([N+](=O)[O-])=C(N)O2. The second-order valence-corrected chi connectivity index (χ2v) is 5.54. The van der Waals surface area contributed by atoms with Crippen molar-refractivity contribution in [3.05, 3.63) is 54.8 Å². The number of nitro groups is 1. The van der Waals surface area contributed by atoms with Crippen molar-refractivity contribution in [3.8, 4) is 11.9 Å². The molecule has 21 heavy (non-hydrogen) atoms. The van der Waals surface area contributed by atoms with Crippen molar-refractivity contribution < 1.29 is 9.66 Å². The molecule has 3 rings (SSSR count). The molecule has 3 heterocycles. The van der Waals surface area contributed by atoms with Gasteiger partial charge in [-0.05, 0) is 19.1 Å². The molecule has 0 aromatic carbocycles. The fourth-order valence-electron chi connectivity index (χ4n) is 2.31. The van der Waals surface area contributed by atoms with Crippen molar-refractivity contribution in [2.24, 2.45) is 5.73 Å². The van der Waals surface area contributed by atoms with Crippen LogP contribution in [-0.2, 0) is 0 Å². The lowest BCUT2D eigenvalue weighted by Crippen LogP contribution is -2.25. The number of aromatic nitrogens is 2. The predicted molar refractivity (Wildman–Crippen MR) is 73.0 cm³/mol. The van der Waals surface area contributed by atoms with Crippen molar-refractivity contribution in [1.29, 1.82) is 5.26 Å². The van der Waals surface area contributed by atoms with Gasteiger partial charge in [0, 0.05) is 10.6 Å². The van der Waals surface area contributed by atoms with Gasteiger partial charge in [-0.3, -0.25) is 15.2 Å². The molecule has 2 aromatic rings. The lowest BCUT2D eigenvalue weighted by atomic mass is 9.93. The first-order valence-corrected chi connectivity index (χ1v) is 6.71. The van der Waals surface area contributed by atoms with E-state index in [1.807, 2.05) is 6.07 Å². The zero-order chi connectivity index (χ0) is 15.1. The minimum atomic E-state index is -0.699. The van der Waals surface area contributed by atoms with Gasteiger partial charge in [-0.2, -0.15) is 5.26 Å². The Morgan fingerprint density at radius 3 is 3.00 bits per heavy atom. The minimum absolute atomic E-state index is 0.229. The fraction of sp³-hybridized carbons (Fsp3) is 0.167. The van der Waals surface area contributed by atoms with Crippen molar-refractivity contribution >= 4 is 11.3 Å². The van der Waals surface area contributed by atoms with Crippen LogP contribution in [0.2, 0.25) is 0 Å². The second kappa shape index (κ2) is 4.60. The molecule has 0 aliphatic carbocycles. The van der Waals surface area contributed by atoms with E-state index >= 15 is 0 Å². The van der Waals surface area contributed by atoms with Gasteiger partial charge in [0.2, 0.25) is 5.88 Å². The molecule has 106 valence electrons. The number of fused-ring (bicyclic) bond motifs is 1. The molecule has 0 spiro atoms. The first-order valence-electron chi connectivity index (χ1n) is 5.89. The molecular weight excluding hydrogens is 294 g/mol. The van der Waals surface area contributed by atoms with Crippen LogP contribution >= 0.6 is 11.3 Å².